The van der Waals surface area contributed by atoms with E-state index < -0.39 is 35.1 Å². The Balaban J connectivity index is 2.42. The van der Waals surface area contributed by atoms with Crippen LogP contribution in [0.2, 0.25) is 0 Å². The molecule has 1 atom stereocenters. The largest absolute Gasteiger partial charge is 0.481 e. The van der Waals surface area contributed by atoms with Crippen LogP contribution in [0.15, 0.2) is 6.33 Å². The summed E-state index contributed by atoms with van der Waals surface area (Å²) in [6, 6.07) is -0.990. The fraction of sp³-hybridized carbons (Fsp3) is 0.500. The molecule has 1 saturated heterocycles. The number of anilines is 1. The van der Waals surface area contributed by atoms with E-state index in [2.05, 4.69) is 10.3 Å². The lowest BCUT2D eigenvalue weighted by Crippen LogP contribution is -2.56. The van der Waals surface area contributed by atoms with E-state index in [-0.39, 0.29) is 18.9 Å². The van der Waals surface area contributed by atoms with Gasteiger partial charge < -0.3 is 25.4 Å². The molecule has 1 aromatic heterocycles. The summed E-state index contributed by atoms with van der Waals surface area (Å²) in [5.74, 6) is -1.87. The van der Waals surface area contributed by atoms with E-state index in [0.29, 0.717) is 0 Å². The zero-order chi connectivity index (χ0) is 14.9. The Labute approximate surface area is 113 Å². The summed E-state index contributed by atoms with van der Waals surface area (Å²) >= 11 is 0. The van der Waals surface area contributed by atoms with Gasteiger partial charge in [-0.1, -0.05) is 0 Å². The van der Waals surface area contributed by atoms with Gasteiger partial charge in [0.1, 0.15) is 6.04 Å². The first-order chi connectivity index (χ1) is 9.41. The molecule has 0 radical (unpaired) electrons. The monoisotopic (exact) mass is 283 g/mol. The van der Waals surface area contributed by atoms with Gasteiger partial charge in [0.25, 0.3) is 0 Å². The zero-order valence-corrected chi connectivity index (χ0v) is 10.6. The molecule has 0 bridgehead atoms. The fourth-order valence-electron chi connectivity index (χ4n) is 2.21. The Morgan fingerprint density at radius 2 is 2.40 bits per heavy atom. The lowest BCUT2D eigenvalue weighted by molar-refractivity contribution is -0.388. The Morgan fingerprint density at radius 3 is 3.00 bits per heavy atom. The van der Waals surface area contributed by atoms with Gasteiger partial charge in [-0.3, -0.25) is 14.2 Å². The number of carbonyl (C=O) groups is 2. The Bertz CT molecular complexity index is 568. The van der Waals surface area contributed by atoms with E-state index >= 15 is 0 Å². The first kappa shape index (κ1) is 13.8. The molecule has 1 aromatic rings. The number of piperazine rings is 1. The Hall–Kier alpha value is -2.65. The van der Waals surface area contributed by atoms with E-state index in [1.807, 2.05) is 0 Å². The van der Waals surface area contributed by atoms with Crippen molar-refractivity contribution in [1.29, 1.82) is 0 Å². The number of carbonyl (C=O) groups excluding carboxylic acids is 1. The molecule has 2 rings (SSSR count). The van der Waals surface area contributed by atoms with Gasteiger partial charge in [0.15, 0.2) is 0 Å². The summed E-state index contributed by atoms with van der Waals surface area (Å²) < 4.78 is 1.41. The maximum Gasteiger partial charge on any atom is 0.406 e. The molecule has 1 unspecified atom stereocenters. The van der Waals surface area contributed by atoms with Crippen LogP contribution in [-0.4, -0.2) is 50.6 Å². The SMILES string of the molecule is Cn1cnc([N+](=O)[O-])c1N1CCNC(=O)C1CC(=O)O. The van der Waals surface area contributed by atoms with Crippen molar-refractivity contribution in [1.82, 2.24) is 14.9 Å². The van der Waals surface area contributed by atoms with Crippen LogP contribution in [0.3, 0.4) is 0 Å². The van der Waals surface area contributed by atoms with Crippen LogP contribution in [0.25, 0.3) is 0 Å². The second kappa shape index (κ2) is 5.15. The average molecular weight is 283 g/mol. The molecule has 1 aliphatic heterocycles. The van der Waals surface area contributed by atoms with Gasteiger partial charge in [-0.25, -0.2) is 0 Å². The number of imidazole rings is 1. The molecule has 0 aromatic carbocycles. The first-order valence-electron chi connectivity index (χ1n) is 5.83. The normalized spacial score (nSPS) is 18.8. The molecular formula is C10H13N5O5. The van der Waals surface area contributed by atoms with Gasteiger partial charge in [0, 0.05) is 20.1 Å². The highest BCUT2D eigenvalue weighted by Crippen LogP contribution is 2.29. The van der Waals surface area contributed by atoms with Gasteiger partial charge in [0.05, 0.1) is 6.42 Å². The van der Waals surface area contributed by atoms with E-state index in [9.17, 15) is 19.7 Å². The first-order valence-corrected chi connectivity index (χ1v) is 5.83. The smallest absolute Gasteiger partial charge is 0.406 e. The van der Waals surface area contributed by atoms with Crippen LogP contribution in [0.4, 0.5) is 11.6 Å². The number of hydrogen-bond acceptors (Lipinski definition) is 6. The second-order valence-corrected chi connectivity index (χ2v) is 4.36. The number of aryl methyl sites for hydroxylation is 1. The lowest BCUT2D eigenvalue weighted by Gasteiger charge is -2.34. The lowest BCUT2D eigenvalue weighted by atomic mass is 10.1. The third-order valence-corrected chi connectivity index (χ3v) is 3.03. The summed E-state index contributed by atoms with van der Waals surface area (Å²) in [5, 5.41) is 22.4. The van der Waals surface area contributed by atoms with Crippen LogP contribution in [0, 0.1) is 10.1 Å². The molecule has 1 fully saturated rings. The highest BCUT2D eigenvalue weighted by molar-refractivity contribution is 5.90. The Morgan fingerprint density at radius 1 is 1.70 bits per heavy atom. The highest BCUT2D eigenvalue weighted by atomic mass is 16.6. The third kappa shape index (κ3) is 2.39. The molecule has 0 saturated carbocycles. The minimum Gasteiger partial charge on any atom is -0.481 e. The number of aromatic nitrogens is 2. The second-order valence-electron chi connectivity index (χ2n) is 4.36. The van der Waals surface area contributed by atoms with Crippen LogP contribution >= 0.6 is 0 Å². The number of nitro groups is 1. The molecule has 20 heavy (non-hydrogen) atoms. The Kier molecular flexibility index (Phi) is 3.55. The van der Waals surface area contributed by atoms with Gasteiger partial charge in [-0.05, 0) is 9.91 Å². The van der Waals surface area contributed by atoms with Crippen molar-refractivity contribution in [2.75, 3.05) is 18.0 Å². The average Bonchev–Trinajstić information content (AvgIpc) is 2.73. The van der Waals surface area contributed by atoms with Crippen LogP contribution < -0.4 is 10.2 Å². The summed E-state index contributed by atoms with van der Waals surface area (Å²) in [7, 11) is 1.56. The number of amides is 1. The molecule has 0 spiro atoms. The molecule has 10 heteroatoms. The molecule has 108 valence electrons. The number of aliphatic carboxylic acids is 1. The van der Waals surface area contributed by atoms with E-state index in [0.717, 1.165) is 0 Å². The number of nitrogens with zero attached hydrogens (tertiary/aromatic N) is 4. The van der Waals surface area contributed by atoms with Crippen molar-refractivity contribution >= 4 is 23.5 Å². The quantitative estimate of drug-likeness (QED) is 0.541. The van der Waals surface area contributed by atoms with Crippen molar-refractivity contribution in [3.8, 4) is 0 Å². The summed E-state index contributed by atoms with van der Waals surface area (Å²) in [6.45, 7) is 0.571. The van der Waals surface area contributed by atoms with Crippen molar-refractivity contribution < 1.29 is 19.6 Å². The molecule has 2 heterocycles. The molecule has 2 N–H and O–H groups in total. The van der Waals surface area contributed by atoms with Crippen LogP contribution in [0.1, 0.15) is 6.42 Å². The minimum atomic E-state index is -1.15. The molecular weight excluding hydrogens is 270 g/mol. The van der Waals surface area contributed by atoms with Gasteiger partial charge in [-0.15, -0.1) is 0 Å². The van der Waals surface area contributed by atoms with Crippen LogP contribution in [0.5, 0.6) is 0 Å². The fourth-order valence-corrected chi connectivity index (χ4v) is 2.21. The van der Waals surface area contributed by atoms with Crippen molar-refractivity contribution in [3.05, 3.63) is 16.4 Å². The number of hydrogen-bond donors (Lipinski definition) is 2. The zero-order valence-electron chi connectivity index (χ0n) is 10.6. The molecule has 1 amide bonds. The van der Waals surface area contributed by atoms with Crippen molar-refractivity contribution in [3.63, 3.8) is 0 Å². The predicted octanol–water partition coefficient (Wildman–Crippen LogP) is -0.892. The van der Waals surface area contributed by atoms with Gasteiger partial charge in [-0.2, -0.15) is 0 Å². The highest BCUT2D eigenvalue weighted by Gasteiger charge is 2.37. The molecule has 0 aliphatic carbocycles. The van der Waals surface area contributed by atoms with Gasteiger partial charge >= 0.3 is 11.8 Å². The molecule has 10 nitrogen and oxygen atoms in total. The van der Waals surface area contributed by atoms with Crippen molar-refractivity contribution in [2.24, 2.45) is 7.05 Å². The van der Waals surface area contributed by atoms with E-state index in [4.69, 9.17) is 5.11 Å². The van der Waals surface area contributed by atoms with E-state index in [1.165, 1.54) is 15.8 Å². The summed E-state index contributed by atoms with van der Waals surface area (Å²) in [4.78, 5) is 38.1. The number of nitrogens with one attached hydrogen (secondary N) is 1. The third-order valence-electron chi connectivity index (χ3n) is 3.03. The maximum absolute atomic E-state index is 11.8. The summed E-state index contributed by atoms with van der Waals surface area (Å²) in [5.41, 5.74) is 0. The van der Waals surface area contributed by atoms with Crippen molar-refractivity contribution in [2.45, 2.75) is 12.5 Å². The number of carboxylic acids is 1. The minimum absolute atomic E-state index is 0.135. The van der Waals surface area contributed by atoms with Gasteiger partial charge in [0.2, 0.25) is 18.1 Å². The number of rotatable bonds is 4. The predicted molar refractivity (Wildman–Crippen MR) is 66.3 cm³/mol. The van der Waals surface area contributed by atoms with Crippen LogP contribution in [-0.2, 0) is 16.6 Å². The molecule has 1 aliphatic rings. The van der Waals surface area contributed by atoms with E-state index in [1.54, 1.807) is 7.05 Å². The standard InChI is InChI=1S/C10H13N5O5/c1-13-5-12-8(15(19)20)10(13)14-3-2-11-9(18)6(14)4-7(16)17/h5-6H,2-4H2,1H3,(H,11,18)(H,16,17). The topological polar surface area (TPSA) is 131 Å². The summed E-state index contributed by atoms with van der Waals surface area (Å²) in [6.07, 6.45) is 0.825. The number of carboxylic acid groups (broad SMARTS) is 1. The maximum atomic E-state index is 11.8.